The molecule has 102 valence electrons. The molecular formula is C13H21NO4. The summed E-state index contributed by atoms with van der Waals surface area (Å²) < 4.78 is 5.10. The van der Waals surface area contributed by atoms with Crippen molar-refractivity contribution in [2.75, 3.05) is 0 Å². The van der Waals surface area contributed by atoms with E-state index < -0.39 is 23.2 Å². The van der Waals surface area contributed by atoms with E-state index in [9.17, 15) is 14.7 Å². The van der Waals surface area contributed by atoms with Gasteiger partial charge >= 0.3 is 12.1 Å². The molecule has 1 amide bonds. The molecule has 0 bridgehead atoms. The van der Waals surface area contributed by atoms with Crippen molar-refractivity contribution in [2.24, 2.45) is 0 Å². The second kappa shape index (κ2) is 5.00. The van der Waals surface area contributed by atoms with Crippen molar-refractivity contribution in [1.82, 2.24) is 5.32 Å². The summed E-state index contributed by atoms with van der Waals surface area (Å²) in [7, 11) is 0. The van der Waals surface area contributed by atoms with Crippen LogP contribution >= 0.6 is 0 Å². The van der Waals surface area contributed by atoms with E-state index in [1.165, 1.54) is 6.92 Å². The number of nitrogens with one attached hydrogen (secondary N) is 1. The summed E-state index contributed by atoms with van der Waals surface area (Å²) in [5.41, 5.74) is -1.28. The van der Waals surface area contributed by atoms with Crippen molar-refractivity contribution in [1.29, 1.82) is 0 Å². The molecule has 0 aromatic heterocycles. The van der Waals surface area contributed by atoms with Crippen molar-refractivity contribution in [3.05, 3.63) is 11.6 Å². The lowest BCUT2D eigenvalue weighted by Gasteiger charge is -2.29. The number of carbonyl (C=O) groups is 2. The Bertz CT molecular complexity index is 381. The molecule has 1 aliphatic carbocycles. The van der Waals surface area contributed by atoms with Gasteiger partial charge < -0.3 is 15.2 Å². The number of carboxylic acids is 1. The molecule has 0 radical (unpaired) electrons. The zero-order valence-corrected chi connectivity index (χ0v) is 11.4. The first-order chi connectivity index (χ1) is 8.15. The largest absolute Gasteiger partial charge is 0.479 e. The molecule has 5 nitrogen and oxygen atoms in total. The van der Waals surface area contributed by atoms with Crippen molar-refractivity contribution in [2.45, 2.75) is 58.1 Å². The molecule has 0 saturated heterocycles. The number of rotatable bonds is 3. The first-order valence-corrected chi connectivity index (χ1v) is 6.09. The van der Waals surface area contributed by atoms with E-state index >= 15 is 0 Å². The zero-order chi connectivity index (χ0) is 14.0. The number of allylic oxidation sites excluding steroid dienone is 1. The fourth-order valence-electron chi connectivity index (χ4n) is 1.90. The summed E-state index contributed by atoms with van der Waals surface area (Å²) in [5.74, 6) is -1.07. The van der Waals surface area contributed by atoms with Crippen LogP contribution in [-0.4, -0.2) is 28.3 Å². The Balaban J connectivity index is 2.81. The molecule has 0 spiro atoms. The maximum atomic E-state index is 11.7. The lowest BCUT2D eigenvalue weighted by atomic mass is 9.91. The lowest BCUT2D eigenvalue weighted by Crippen LogP contribution is -2.54. The van der Waals surface area contributed by atoms with Crippen LogP contribution < -0.4 is 5.32 Å². The standard InChI is InChI=1S/C13H21NO4/c1-12(2,3)18-11(17)14-13(4,10(15)16)9-7-5-6-8-9/h7H,5-6,8H2,1-4H3,(H,14,17)(H,15,16)/t13-/m0/s1. The smallest absolute Gasteiger partial charge is 0.408 e. The number of hydrogen-bond donors (Lipinski definition) is 2. The van der Waals surface area contributed by atoms with Gasteiger partial charge in [-0.1, -0.05) is 6.08 Å². The highest BCUT2D eigenvalue weighted by Crippen LogP contribution is 2.29. The van der Waals surface area contributed by atoms with Crippen LogP contribution in [0.25, 0.3) is 0 Å². The van der Waals surface area contributed by atoms with E-state index in [-0.39, 0.29) is 0 Å². The maximum absolute atomic E-state index is 11.7. The van der Waals surface area contributed by atoms with E-state index in [4.69, 9.17) is 4.74 Å². The van der Waals surface area contributed by atoms with Crippen LogP contribution in [0, 0.1) is 0 Å². The number of aliphatic carboxylic acids is 1. The van der Waals surface area contributed by atoms with Gasteiger partial charge in [0.15, 0.2) is 5.54 Å². The summed E-state index contributed by atoms with van der Waals surface area (Å²) in [6, 6.07) is 0. The fraction of sp³-hybridized carbons (Fsp3) is 0.692. The average Bonchev–Trinajstić information content (AvgIpc) is 2.66. The monoisotopic (exact) mass is 255 g/mol. The minimum Gasteiger partial charge on any atom is -0.479 e. The van der Waals surface area contributed by atoms with Gasteiger partial charge in [-0.05, 0) is 52.5 Å². The van der Waals surface area contributed by atoms with E-state index in [1.54, 1.807) is 20.8 Å². The number of carboxylic acid groups (broad SMARTS) is 1. The van der Waals surface area contributed by atoms with Crippen molar-refractivity contribution >= 4 is 12.1 Å². The second-order valence-corrected chi connectivity index (χ2v) is 5.68. The number of alkyl carbamates (subject to hydrolysis) is 1. The van der Waals surface area contributed by atoms with Gasteiger partial charge in [0.25, 0.3) is 0 Å². The molecule has 0 heterocycles. The molecule has 18 heavy (non-hydrogen) atoms. The molecule has 0 fully saturated rings. The summed E-state index contributed by atoms with van der Waals surface area (Å²) in [4.78, 5) is 23.1. The SMILES string of the molecule is CC(C)(C)OC(=O)N[C@](C)(C(=O)O)C1=CCCC1. The van der Waals surface area contributed by atoms with E-state index in [0.717, 1.165) is 18.4 Å². The van der Waals surface area contributed by atoms with Gasteiger partial charge in [0.2, 0.25) is 0 Å². The Kier molecular flexibility index (Phi) is 4.04. The predicted octanol–water partition coefficient (Wildman–Crippen LogP) is 2.46. The third kappa shape index (κ3) is 3.48. The molecule has 0 aromatic carbocycles. The fourth-order valence-corrected chi connectivity index (χ4v) is 1.90. The van der Waals surface area contributed by atoms with Crippen molar-refractivity contribution < 1.29 is 19.4 Å². The van der Waals surface area contributed by atoms with Crippen molar-refractivity contribution in [3.8, 4) is 0 Å². The zero-order valence-electron chi connectivity index (χ0n) is 11.4. The maximum Gasteiger partial charge on any atom is 0.408 e. The molecule has 1 atom stereocenters. The molecule has 0 aromatic rings. The molecule has 0 aliphatic heterocycles. The number of amides is 1. The van der Waals surface area contributed by atoms with Crippen LogP contribution in [-0.2, 0) is 9.53 Å². The second-order valence-electron chi connectivity index (χ2n) is 5.68. The van der Waals surface area contributed by atoms with Crippen LogP contribution in [0.5, 0.6) is 0 Å². The highest BCUT2D eigenvalue weighted by Gasteiger charge is 2.40. The minimum atomic E-state index is -1.38. The number of carbonyl (C=O) groups excluding carboxylic acids is 1. The van der Waals surface area contributed by atoms with E-state index in [2.05, 4.69) is 5.32 Å². The van der Waals surface area contributed by atoms with Gasteiger partial charge in [-0.3, -0.25) is 0 Å². The van der Waals surface area contributed by atoms with Gasteiger partial charge in [-0.15, -0.1) is 0 Å². The van der Waals surface area contributed by atoms with Gasteiger partial charge in [0.05, 0.1) is 0 Å². The average molecular weight is 255 g/mol. The molecule has 1 rings (SSSR count). The highest BCUT2D eigenvalue weighted by molar-refractivity contribution is 5.87. The first kappa shape index (κ1) is 14.5. The molecule has 1 aliphatic rings. The lowest BCUT2D eigenvalue weighted by molar-refractivity contribution is -0.142. The Hall–Kier alpha value is -1.52. The molecule has 0 unspecified atom stereocenters. The van der Waals surface area contributed by atoms with E-state index in [1.807, 2.05) is 6.08 Å². The topological polar surface area (TPSA) is 75.6 Å². The predicted molar refractivity (Wildman–Crippen MR) is 67.3 cm³/mol. The Morgan fingerprint density at radius 2 is 1.94 bits per heavy atom. The van der Waals surface area contributed by atoms with Gasteiger partial charge in [0, 0.05) is 0 Å². The minimum absolute atomic E-state index is 0.645. The molecule has 0 saturated carbocycles. The molecule has 2 N–H and O–H groups in total. The third-order valence-electron chi connectivity index (χ3n) is 2.86. The summed E-state index contributed by atoms with van der Waals surface area (Å²) in [6.45, 7) is 6.70. The molecule has 5 heteroatoms. The first-order valence-electron chi connectivity index (χ1n) is 6.09. The number of hydrogen-bond acceptors (Lipinski definition) is 3. The number of ether oxygens (including phenoxy) is 1. The Morgan fingerprint density at radius 1 is 1.33 bits per heavy atom. The Labute approximate surface area is 107 Å². The van der Waals surface area contributed by atoms with Crippen LogP contribution in [0.4, 0.5) is 4.79 Å². The van der Waals surface area contributed by atoms with Gasteiger partial charge in [-0.25, -0.2) is 9.59 Å². The van der Waals surface area contributed by atoms with Crippen LogP contribution in [0.2, 0.25) is 0 Å². The van der Waals surface area contributed by atoms with Crippen LogP contribution in [0.15, 0.2) is 11.6 Å². The van der Waals surface area contributed by atoms with Crippen molar-refractivity contribution in [3.63, 3.8) is 0 Å². The quantitative estimate of drug-likeness (QED) is 0.759. The summed E-state index contributed by atoms with van der Waals surface area (Å²) in [5, 5.41) is 11.8. The summed E-state index contributed by atoms with van der Waals surface area (Å²) in [6.07, 6.45) is 3.65. The van der Waals surface area contributed by atoms with E-state index in [0.29, 0.717) is 6.42 Å². The van der Waals surface area contributed by atoms with Gasteiger partial charge in [-0.2, -0.15) is 0 Å². The van der Waals surface area contributed by atoms with Gasteiger partial charge in [0.1, 0.15) is 5.60 Å². The third-order valence-corrected chi connectivity index (χ3v) is 2.86. The molecular weight excluding hydrogens is 234 g/mol. The van der Waals surface area contributed by atoms with Crippen LogP contribution in [0.3, 0.4) is 0 Å². The van der Waals surface area contributed by atoms with Crippen LogP contribution in [0.1, 0.15) is 47.0 Å². The highest BCUT2D eigenvalue weighted by atomic mass is 16.6. The Morgan fingerprint density at radius 3 is 2.33 bits per heavy atom. The normalized spacial score (nSPS) is 18.8. The summed E-state index contributed by atoms with van der Waals surface area (Å²) >= 11 is 0.